The van der Waals surface area contributed by atoms with Gasteiger partial charge in [0.25, 0.3) is 0 Å². The van der Waals surface area contributed by atoms with E-state index in [1.807, 2.05) is 6.20 Å². The summed E-state index contributed by atoms with van der Waals surface area (Å²) in [7, 11) is -2.24. The van der Waals surface area contributed by atoms with Gasteiger partial charge in [-0.3, -0.25) is 0 Å². The van der Waals surface area contributed by atoms with Crippen molar-refractivity contribution in [1.29, 1.82) is 0 Å². The van der Waals surface area contributed by atoms with Crippen molar-refractivity contribution < 1.29 is 21.1 Å². The van der Waals surface area contributed by atoms with Gasteiger partial charge in [0, 0.05) is 50.6 Å². The Kier molecular flexibility index (Phi) is 8.10. The normalized spacial score (nSPS) is 12.1. The fraction of sp³-hybridized carbons (Fsp3) is 0.143. The van der Waals surface area contributed by atoms with Gasteiger partial charge in [0.1, 0.15) is 11.5 Å². The summed E-state index contributed by atoms with van der Waals surface area (Å²) < 4.78 is 6.80. The average Bonchev–Trinajstić information content (AvgIpc) is 3.65. The number of aromatic nitrogens is 4. The molecule has 6 heteroatoms. The topological polar surface area (TPSA) is 27.7 Å². The number of pyridine rings is 1. The van der Waals surface area contributed by atoms with Crippen molar-refractivity contribution in [3.05, 3.63) is 152 Å². The molecule has 5 aromatic carbocycles. The molecule has 0 aliphatic heterocycles. The Bertz CT molecular complexity index is 2430. The Labute approximate surface area is 297 Å². The molecule has 0 atom stereocenters. The summed E-state index contributed by atoms with van der Waals surface area (Å²) in [5, 5.41) is 4.89. The molecule has 0 aliphatic carbocycles. The van der Waals surface area contributed by atoms with Gasteiger partial charge in [0.2, 0.25) is 0 Å². The fourth-order valence-corrected chi connectivity index (χ4v) is 8.88. The van der Waals surface area contributed by atoms with Crippen LogP contribution < -0.4 is 10.4 Å². The van der Waals surface area contributed by atoms with Crippen LogP contribution in [0.3, 0.4) is 0 Å². The van der Waals surface area contributed by atoms with E-state index in [1.54, 1.807) is 0 Å². The summed E-state index contributed by atoms with van der Waals surface area (Å²) in [5.74, 6) is 0.927. The molecule has 0 spiro atoms. The summed E-state index contributed by atoms with van der Waals surface area (Å²) in [6.07, 6.45) is 4.12. The minimum Gasteiger partial charge on any atom is -0.319 e. The smallest absolute Gasteiger partial charge is 0.168 e. The van der Waals surface area contributed by atoms with E-state index in [1.165, 1.54) is 26.7 Å². The number of hydrogen-bond acceptors (Lipinski definition) is 1. The van der Waals surface area contributed by atoms with Crippen molar-refractivity contribution in [3.63, 3.8) is 0 Å². The van der Waals surface area contributed by atoms with Crippen LogP contribution in [0, 0.1) is 12.1 Å². The molecule has 0 unspecified atom stereocenters. The zero-order valence-electron chi connectivity index (χ0n) is 27.8. The second-order valence-electron chi connectivity index (χ2n) is 13.9. The van der Waals surface area contributed by atoms with Crippen molar-refractivity contribution in [1.82, 2.24) is 18.7 Å². The van der Waals surface area contributed by atoms with Crippen molar-refractivity contribution in [3.8, 4) is 17.2 Å². The molecule has 0 N–H and O–H groups in total. The molecule has 0 amide bonds. The van der Waals surface area contributed by atoms with Gasteiger partial charge in [-0.25, -0.2) is 9.55 Å². The van der Waals surface area contributed by atoms with Gasteiger partial charge in [0.05, 0.1) is 8.07 Å². The zero-order valence-corrected chi connectivity index (χ0v) is 31.1. The molecule has 3 heterocycles. The first-order valence-corrected chi connectivity index (χ1v) is 19.2. The summed E-state index contributed by atoms with van der Waals surface area (Å²) in [4.78, 5) is 4.88. The van der Waals surface area contributed by atoms with Gasteiger partial charge in [0.15, 0.2) is 17.4 Å². The summed E-state index contributed by atoms with van der Waals surface area (Å²) >= 11 is 0. The predicted molar refractivity (Wildman–Crippen MR) is 199 cm³/mol. The standard InChI is InChI=1S/C42H37N4Si.Pt/c1-42(2,3)30-24-25-43-41(26-30)46-37-19-10-9-18-35(37)36-23-22-34(28-40(36)46)47(4,5)33-17-13-16-32(27-33)45-29-44(31-14-7-6-8-15-31)38-20-11-12-21-39(38)45;/h6-26,29H,1-5H3;/q-1;. The van der Waals surface area contributed by atoms with Crippen molar-refractivity contribution in [2.24, 2.45) is 0 Å². The van der Waals surface area contributed by atoms with E-state index in [2.05, 4.69) is 187 Å². The molecule has 0 bridgehead atoms. The molecule has 0 radical (unpaired) electrons. The van der Waals surface area contributed by atoms with Crippen LogP contribution in [-0.2, 0) is 26.5 Å². The van der Waals surface area contributed by atoms with E-state index in [-0.39, 0.29) is 26.5 Å². The Morgan fingerprint density at radius 1 is 0.646 bits per heavy atom. The summed E-state index contributed by atoms with van der Waals surface area (Å²) in [6.45, 7) is 11.6. The fourth-order valence-electron chi connectivity index (χ4n) is 6.71. The number of hydrogen-bond donors (Lipinski definition) is 0. The molecular formula is C42H37N4PtSi-. The van der Waals surface area contributed by atoms with Crippen LogP contribution in [0.5, 0.6) is 0 Å². The maximum Gasteiger partial charge on any atom is 0.168 e. The molecule has 48 heavy (non-hydrogen) atoms. The van der Waals surface area contributed by atoms with Crippen LogP contribution in [0.15, 0.2) is 134 Å². The van der Waals surface area contributed by atoms with Gasteiger partial charge in [-0.1, -0.05) is 87.9 Å². The van der Waals surface area contributed by atoms with Crippen LogP contribution in [0.1, 0.15) is 26.3 Å². The van der Waals surface area contributed by atoms with Crippen LogP contribution >= 0.6 is 0 Å². The Morgan fingerprint density at radius 3 is 2.06 bits per heavy atom. The Hall–Kier alpha value is -4.57. The molecular weight excluding hydrogens is 784 g/mol. The van der Waals surface area contributed by atoms with E-state index >= 15 is 0 Å². The maximum absolute atomic E-state index is 4.88. The van der Waals surface area contributed by atoms with Gasteiger partial charge < -0.3 is 4.57 Å². The Morgan fingerprint density at radius 2 is 1.31 bits per heavy atom. The van der Waals surface area contributed by atoms with Crippen molar-refractivity contribution in [2.45, 2.75) is 39.3 Å². The number of imidazole rings is 1. The van der Waals surface area contributed by atoms with Crippen molar-refractivity contribution in [2.75, 3.05) is 0 Å². The molecule has 4 nitrogen and oxygen atoms in total. The van der Waals surface area contributed by atoms with Crippen molar-refractivity contribution >= 4 is 51.3 Å². The Balaban J connectivity index is 0.00000364. The van der Waals surface area contributed by atoms with Gasteiger partial charge in [-0.05, 0) is 46.7 Å². The molecule has 8 aromatic rings. The van der Waals surface area contributed by atoms with E-state index in [4.69, 9.17) is 4.98 Å². The molecule has 0 fully saturated rings. The monoisotopic (exact) mass is 820 g/mol. The van der Waals surface area contributed by atoms with E-state index in [0.717, 1.165) is 39.3 Å². The molecule has 8 rings (SSSR count). The number of rotatable bonds is 5. The first-order chi connectivity index (χ1) is 22.7. The third-order valence-corrected chi connectivity index (χ3v) is 12.8. The van der Waals surface area contributed by atoms with E-state index < -0.39 is 8.07 Å². The number of benzene rings is 5. The third-order valence-electron chi connectivity index (χ3n) is 9.48. The summed E-state index contributed by atoms with van der Waals surface area (Å²) in [6, 6.07) is 51.0. The quantitative estimate of drug-likeness (QED) is 0.126. The maximum atomic E-state index is 4.88. The minimum absolute atomic E-state index is 0. The second kappa shape index (κ2) is 12.1. The average molecular weight is 821 g/mol. The van der Waals surface area contributed by atoms with Crippen LogP contribution in [0.2, 0.25) is 13.1 Å². The van der Waals surface area contributed by atoms with Crippen LogP contribution in [0.25, 0.3) is 50.0 Å². The SMILES string of the molecule is CC(C)(C)c1ccnc(-n2c3[c-]c([Si](C)(C)c4[c-]c(-n5[cH+]n(-c6ccccc6)c6ccccc65)ccc4)ccc3c3ccccc32)c1.[Pt]. The van der Waals surface area contributed by atoms with E-state index in [0.29, 0.717) is 0 Å². The molecule has 0 aliphatic rings. The predicted octanol–water partition coefficient (Wildman–Crippen LogP) is 8.91. The van der Waals surface area contributed by atoms with Gasteiger partial charge in [-0.2, -0.15) is 45.3 Å². The molecule has 0 saturated carbocycles. The number of para-hydroxylation sites is 4. The third kappa shape index (κ3) is 5.36. The van der Waals surface area contributed by atoms with Gasteiger partial charge >= 0.3 is 0 Å². The largest absolute Gasteiger partial charge is 0.319 e. The van der Waals surface area contributed by atoms with Crippen LogP contribution in [-0.4, -0.2) is 26.8 Å². The first-order valence-electron chi connectivity index (χ1n) is 16.2. The van der Waals surface area contributed by atoms with E-state index in [9.17, 15) is 0 Å². The molecule has 0 saturated heterocycles. The molecule has 240 valence electrons. The number of fused-ring (bicyclic) bond motifs is 4. The summed E-state index contributed by atoms with van der Waals surface area (Å²) in [5.41, 5.74) is 7.97. The first kappa shape index (κ1) is 32.0. The molecule has 3 aromatic heterocycles. The second-order valence-corrected chi connectivity index (χ2v) is 18.2. The minimum atomic E-state index is -2.24. The van der Waals surface area contributed by atoms with Gasteiger partial charge in [-0.15, -0.1) is 17.5 Å². The zero-order chi connectivity index (χ0) is 32.3. The number of nitrogens with zero attached hydrogens (tertiary/aromatic N) is 4. The van der Waals surface area contributed by atoms with Crippen LogP contribution in [0.4, 0.5) is 0 Å².